The number of hydrogen-bond donors (Lipinski definition) is 1. The van der Waals surface area contributed by atoms with Gasteiger partial charge in [0.1, 0.15) is 0 Å². The van der Waals surface area contributed by atoms with E-state index in [0.29, 0.717) is 13.0 Å². The summed E-state index contributed by atoms with van der Waals surface area (Å²) in [5.74, 6) is -3.68. The molecule has 2 saturated heterocycles. The van der Waals surface area contributed by atoms with Crippen LogP contribution < -0.4 is 0 Å². The number of fused-ring (bicyclic) bond motifs is 1. The third-order valence-electron chi connectivity index (χ3n) is 4.29. The van der Waals surface area contributed by atoms with Crippen molar-refractivity contribution >= 4 is 17.8 Å². The summed E-state index contributed by atoms with van der Waals surface area (Å²) in [6.07, 6.45) is -1.56. The summed E-state index contributed by atoms with van der Waals surface area (Å²) in [6, 6.07) is 1.32. The Balaban J connectivity index is 0.000000298. The summed E-state index contributed by atoms with van der Waals surface area (Å²) in [5.41, 5.74) is 0.0256. The van der Waals surface area contributed by atoms with Crippen molar-refractivity contribution in [1.82, 2.24) is 14.8 Å². The van der Waals surface area contributed by atoms with Gasteiger partial charge in [-0.1, -0.05) is 0 Å². The van der Waals surface area contributed by atoms with Crippen molar-refractivity contribution in [2.45, 2.75) is 31.1 Å². The molecule has 0 unspecified atom stereocenters. The Hall–Kier alpha value is -2.72. The highest BCUT2D eigenvalue weighted by Gasteiger charge is 2.47. The van der Waals surface area contributed by atoms with E-state index in [1.54, 1.807) is 16.8 Å². The van der Waals surface area contributed by atoms with Crippen LogP contribution in [0, 0.1) is 5.82 Å². The van der Waals surface area contributed by atoms with Gasteiger partial charge in [0, 0.05) is 26.2 Å². The fourth-order valence-electron chi connectivity index (χ4n) is 3.00. The number of carboxylic acid groups (broad SMARTS) is 1. The molecule has 3 rings (SSSR count). The predicted molar refractivity (Wildman–Crippen MR) is 78.5 cm³/mol. The van der Waals surface area contributed by atoms with Gasteiger partial charge in [-0.2, -0.15) is 13.2 Å². The van der Waals surface area contributed by atoms with Crippen LogP contribution in [-0.4, -0.2) is 69.5 Å². The number of nitrogens with zero attached hydrogens (tertiary/aromatic N) is 3. The molecule has 0 aromatic carbocycles. The zero-order valence-corrected chi connectivity index (χ0v) is 13.5. The molecular formula is C15H15F4N3O4. The van der Waals surface area contributed by atoms with Gasteiger partial charge < -0.3 is 14.9 Å². The number of hydrogen-bond acceptors (Lipinski definition) is 4. The standard InChI is InChI=1S/C13H14FN3O2.C2HF3O2/c1-16-10-3-5-17(11(10)6-12(16)18)13(19)8-2-4-15-7-9(8)14;3-2(4,5)1(6)7/h2,4,7,10-11H,3,5-6H2,1H3;(H,6,7)/t10-,11+;/m1./s1. The van der Waals surface area contributed by atoms with Gasteiger partial charge in [-0.15, -0.1) is 0 Å². The maximum atomic E-state index is 13.6. The number of likely N-dealkylation sites (tertiary alicyclic amines) is 2. The van der Waals surface area contributed by atoms with Gasteiger partial charge >= 0.3 is 12.1 Å². The number of carboxylic acids is 1. The first kappa shape index (κ1) is 19.6. The molecule has 1 aromatic rings. The van der Waals surface area contributed by atoms with E-state index < -0.39 is 18.0 Å². The molecular weight excluding hydrogens is 362 g/mol. The van der Waals surface area contributed by atoms with E-state index in [1.165, 1.54) is 12.3 Å². The topological polar surface area (TPSA) is 90.8 Å². The van der Waals surface area contributed by atoms with E-state index >= 15 is 0 Å². The van der Waals surface area contributed by atoms with Gasteiger partial charge in [-0.3, -0.25) is 14.6 Å². The van der Waals surface area contributed by atoms with Crippen LogP contribution in [0.4, 0.5) is 17.6 Å². The molecule has 3 heterocycles. The molecule has 0 saturated carbocycles. The molecule has 0 spiro atoms. The van der Waals surface area contributed by atoms with Crippen LogP contribution in [-0.2, 0) is 9.59 Å². The molecule has 2 atom stereocenters. The molecule has 2 amide bonds. The Labute approximate surface area is 145 Å². The van der Waals surface area contributed by atoms with E-state index in [-0.39, 0.29) is 29.5 Å². The second kappa shape index (κ2) is 7.26. The van der Waals surface area contributed by atoms with Crippen molar-refractivity contribution in [2.24, 2.45) is 0 Å². The highest BCUT2D eigenvalue weighted by Crippen LogP contribution is 2.32. The summed E-state index contributed by atoms with van der Waals surface area (Å²) in [6.45, 7) is 0.563. The molecule has 2 aliphatic rings. The SMILES string of the molecule is CN1C(=O)C[C@H]2[C@H]1CCN2C(=O)c1ccncc1F.O=C(O)C(F)(F)F. The summed E-state index contributed by atoms with van der Waals surface area (Å²) >= 11 is 0. The number of aliphatic carboxylic acids is 1. The highest BCUT2D eigenvalue weighted by atomic mass is 19.4. The van der Waals surface area contributed by atoms with Gasteiger partial charge in [0.25, 0.3) is 5.91 Å². The number of pyridine rings is 1. The van der Waals surface area contributed by atoms with Crippen molar-refractivity contribution in [1.29, 1.82) is 0 Å². The largest absolute Gasteiger partial charge is 0.490 e. The first-order chi connectivity index (χ1) is 12.0. The molecule has 0 aliphatic carbocycles. The minimum Gasteiger partial charge on any atom is -0.475 e. The smallest absolute Gasteiger partial charge is 0.475 e. The van der Waals surface area contributed by atoms with E-state index in [9.17, 15) is 27.2 Å². The molecule has 0 radical (unpaired) electrons. The third-order valence-corrected chi connectivity index (χ3v) is 4.29. The Morgan fingerprint density at radius 1 is 1.31 bits per heavy atom. The fourth-order valence-corrected chi connectivity index (χ4v) is 3.00. The summed E-state index contributed by atoms with van der Waals surface area (Å²) in [7, 11) is 1.76. The Morgan fingerprint density at radius 3 is 2.46 bits per heavy atom. The van der Waals surface area contributed by atoms with Crippen LogP contribution in [0.2, 0.25) is 0 Å². The Bertz CT molecular complexity index is 725. The van der Waals surface area contributed by atoms with Gasteiger partial charge in [0.15, 0.2) is 5.82 Å². The molecule has 2 aliphatic heterocycles. The number of halogens is 4. The van der Waals surface area contributed by atoms with Crippen molar-refractivity contribution in [2.75, 3.05) is 13.6 Å². The van der Waals surface area contributed by atoms with E-state index in [2.05, 4.69) is 4.98 Å². The highest BCUT2D eigenvalue weighted by molar-refractivity contribution is 5.95. The van der Waals surface area contributed by atoms with Crippen LogP contribution in [0.25, 0.3) is 0 Å². The minimum atomic E-state index is -5.08. The normalized spacial score (nSPS) is 22.0. The van der Waals surface area contributed by atoms with Gasteiger partial charge in [0.05, 0.1) is 23.8 Å². The molecule has 26 heavy (non-hydrogen) atoms. The summed E-state index contributed by atoms with van der Waals surface area (Å²) < 4.78 is 45.3. The van der Waals surface area contributed by atoms with Crippen LogP contribution >= 0.6 is 0 Å². The molecule has 2 fully saturated rings. The lowest BCUT2D eigenvalue weighted by Gasteiger charge is -2.23. The molecule has 142 valence electrons. The first-order valence-electron chi connectivity index (χ1n) is 7.50. The third kappa shape index (κ3) is 3.92. The quantitative estimate of drug-likeness (QED) is 0.745. The monoisotopic (exact) mass is 377 g/mol. The van der Waals surface area contributed by atoms with Crippen molar-refractivity contribution in [3.05, 3.63) is 29.8 Å². The van der Waals surface area contributed by atoms with Crippen LogP contribution in [0.5, 0.6) is 0 Å². The van der Waals surface area contributed by atoms with Crippen LogP contribution in [0.15, 0.2) is 18.5 Å². The second-order valence-electron chi connectivity index (χ2n) is 5.79. The van der Waals surface area contributed by atoms with Crippen molar-refractivity contribution in [3.63, 3.8) is 0 Å². The lowest BCUT2D eigenvalue weighted by Crippen LogP contribution is -2.39. The average Bonchev–Trinajstić information content (AvgIpc) is 3.08. The predicted octanol–water partition coefficient (Wildman–Crippen LogP) is 1.30. The summed E-state index contributed by atoms with van der Waals surface area (Å²) in [5, 5.41) is 7.12. The molecule has 0 bridgehead atoms. The lowest BCUT2D eigenvalue weighted by atomic mass is 10.1. The molecule has 7 nitrogen and oxygen atoms in total. The Kier molecular flexibility index (Phi) is 5.47. The number of carbonyl (C=O) groups excluding carboxylic acids is 2. The molecule has 1 N–H and O–H groups in total. The maximum Gasteiger partial charge on any atom is 0.490 e. The number of likely N-dealkylation sites (N-methyl/N-ethyl adjacent to an activating group) is 1. The zero-order chi connectivity index (χ0) is 19.6. The van der Waals surface area contributed by atoms with Crippen LogP contribution in [0.1, 0.15) is 23.2 Å². The van der Waals surface area contributed by atoms with E-state index in [4.69, 9.17) is 9.90 Å². The average molecular weight is 377 g/mol. The number of aromatic nitrogens is 1. The van der Waals surface area contributed by atoms with Crippen molar-refractivity contribution in [3.8, 4) is 0 Å². The lowest BCUT2D eigenvalue weighted by molar-refractivity contribution is -0.192. The van der Waals surface area contributed by atoms with Gasteiger partial charge in [0.2, 0.25) is 5.91 Å². The van der Waals surface area contributed by atoms with E-state index in [1.807, 2.05) is 0 Å². The fraction of sp³-hybridized carbons (Fsp3) is 0.467. The number of alkyl halides is 3. The van der Waals surface area contributed by atoms with E-state index in [0.717, 1.165) is 12.6 Å². The maximum absolute atomic E-state index is 13.6. The Morgan fingerprint density at radius 2 is 1.92 bits per heavy atom. The molecule has 1 aromatic heterocycles. The van der Waals surface area contributed by atoms with Gasteiger partial charge in [-0.05, 0) is 12.5 Å². The van der Waals surface area contributed by atoms with Crippen LogP contribution in [0.3, 0.4) is 0 Å². The minimum absolute atomic E-state index is 0.0256. The number of rotatable bonds is 1. The second-order valence-corrected chi connectivity index (χ2v) is 5.79. The number of carbonyl (C=O) groups is 3. The zero-order valence-electron chi connectivity index (χ0n) is 13.5. The number of amides is 2. The summed E-state index contributed by atoms with van der Waals surface area (Å²) in [4.78, 5) is 39.9. The molecule has 11 heteroatoms. The van der Waals surface area contributed by atoms with Gasteiger partial charge in [-0.25, -0.2) is 9.18 Å². The van der Waals surface area contributed by atoms with Crippen molar-refractivity contribution < 1.29 is 37.1 Å². The first-order valence-corrected chi connectivity index (χ1v) is 7.50.